The molecule has 0 aromatic carbocycles. The van der Waals surface area contributed by atoms with Gasteiger partial charge in [0.2, 0.25) is 5.76 Å². The van der Waals surface area contributed by atoms with E-state index < -0.39 is 5.97 Å². The second-order valence-electron chi connectivity index (χ2n) is 3.72. The maximum absolute atomic E-state index is 11.4. The Bertz CT molecular complexity index is 578. The second kappa shape index (κ2) is 5.89. The maximum atomic E-state index is 11.4. The maximum Gasteiger partial charge on any atom is 0.374 e. The number of hydrogen-bond acceptors (Lipinski definition) is 7. The third kappa shape index (κ3) is 2.79. The molecule has 0 radical (unpaired) electrons. The fourth-order valence-electron chi connectivity index (χ4n) is 1.51. The number of ether oxygens (including phenoxy) is 1. The minimum atomic E-state index is -0.485. The summed E-state index contributed by atoms with van der Waals surface area (Å²) < 4.78 is 11.6. The van der Waals surface area contributed by atoms with Crippen molar-refractivity contribution in [3.8, 4) is 0 Å². The number of hydrogen-bond donors (Lipinski definition) is 1. The monoisotopic (exact) mass is 282 g/mol. The molecule has 2 aromatic rings. The van der Waals surface area contributed by atoms with Crippen molar-refractivity contribution in [2.45, 2.75) is 17.5 Å². The summed E-state index contributed by atoms with van der Waals surface area (Å²) in [5.41, 5.74) is 6.29. The lowest BCUT2D eigenvalue weighted by Crippen LogP contribution is -2.05. The molecule has 0 spiro atoms. The number of rotatable bonds is 5. The van der Waals surface area contributed by atoms with Crippen LogP contribution < -0.4 is 5.73 Å². The standard InChI is InChI=1S/C11H14N4O3S/c1-15-8(5-12)13-14-11(15)19-6-7-3-4-18-9(7)10(16)17-2/h3-4H,5-6,12H2,1-2H3. The first kappa shape index (κ1) is 13.6. The normalized spacial score (nSPS) is 10.7. The van der Waals surface area contributed by atoms with E-state index in [1.165, 1.54) is 25.1 Å². The molecule has 2 N–H and O–H groups in total. The quantitative estimate of drug-likeness (QED) is 0.644. The van der Waals surface area contributed by atoms with Crippen molar-refractivity contribution in [3.63, 3.8) is 0 Å². The van der Waals surface area contributed by atoms with E-state index in [0.717, 1.165) is 10.7 Å². The van der Waals surface area contributed by atoms with Crippen LogP contribution >= 0.6 is 11.8 Å². The minimum absolute atomic E-state index is 0.219. The molecule has 0 saturated heterocycles. The van der Waals surface area contributed by atoms with E-state index in [2.05, 4.69) is 14.9 Å². The van der Waals surface area contributed by atoms with Gasteiger partial charge in [0.05, 0.1) is 19.9 Å². The highest BCUT2D eigenvalue weighted by molar-refractivity contribution is 7.98. The van der Waals surface area contributed by atoms with Gasteiger partial charge in [0.15, 0.2) is 5.16 Å². The number of carbonyl (C=O) groups excluding carboxylic acids is 1. The Morgan fingerprint density at radius 1 is 1.58 bits per heavy atom. The van der Waals surface area contributed by atoms with E-state index in [9.17, 15) is 4.79 Å². The highest BCUT2D eigenvalue weighted by Crippen LogP contribution is 2.24. The predicted octanol–water partition coefficient (Wildman–Crippen LogP) is 0.946. The summed E-state index contributed by atoms with van der Waals surface area (Å²) in [4.78, 5) is 11.4. The molecule has 0 fully saturated rings. The Hall–Kier alpha value is -1.80. The number of furan rings is 1. The zero-order chi connectivity index (χ0) is 13.8. The van der Waals surface area contributed by atoms with Crippen molar-refractivity contribution < 1.29 is 13.9 Å². The molecule has 0 atom stereocenters. The summed E-state index contributed by atoms with van der Waals surface area (Å²) in [7, 11) is 3.17. The number of nitrogens with two attached hydrogens (primary N) is 1. The predicted molar refractivity (Wildman–Crippen MR) is 68.5 cm³/mol. The van der Waals surface area contributed by atoms with Crippen LogP contribution in [0, 0.1) is 0 Å². The largest absolute Gasteiger partial charge is 0.463 e. The zero-order valence-corrected chi connectivity index (χ0v) is 11.4. The molecule has 7 nitrogen and oxygen atoms in total. The number of thioether (sulfide) groups is 1. The summed E-state index contributed by atoms with van der Waals surface area (Å²) in [6.07, 6.45) is 1.46. The van der Waals surface area contributed by atoms with E-state index >= 15 is 0 Å². The third-order valence-electron chi connectivity index (χ3n) is 2.58. The molecule has 19 heavy (non-hydrogen) atoms. The SMILES string of the molecule is COC(=O)c1occc1CSc1nnc(CN)n1C. The van der Waals surface area contributed by atoms with Gasteiger partial charge >= 0.3 is 5.97 Å². The van der Waals surface area contributed by atoms with Crippen molar-refractivity contribution in [1.29, 1.82) is 0 Å². The summed E-state index contributed by atoms with van der Waals surface area (Å²) in [6, 6.07) is 1.74. The molecule has 0 aliphatic carbocycles. The molecule has 2 rings (SSSR count). The van der Waals surface area contributed by atoms with Gasteiger partial charge in [-0.15, -0.1) is 10.2 Å². The smallest absolute Gasteiger partial charge is 0.374 e. The van der Waals surface area contributed by atoms with Gasteiger partial charge in [-0.3, -0.25) is 0 Å². The Kier molecular flexibility index (Phi) is 4.23. The van der Waals surface area contributed by atoms with Crippen LogP contribution in [0.15, 0.2) is 21.9 Å². The van der Waals surface area contributed by atoms with Crippen molar-refractivity contribution in [2.75, 3.05) is 7.11 Å². The van der Waals surface area contributed by atoms with Crippen molar-refractivity contribution in [3.05, 3.63) is 29.5 Å². The van der Waals surface area contributed by atoms with E-state index in [-0.39, 0.29) is 5.76 Å². The Morgan fingerprint density at radius 2 is 2.37 bits per heavy atom. The van der Waals surface area contributed by atoms with Crippen LogP contribution in [0.5, 0.6) is 0 Å². The fraction of sp³-hybridized carbons (Fsp3) is 0.364. The van der Waals surface area contributed by atoms with Crippen LogP contribution in [-0.2, 0) is 24.1 Å². The summed E-state index contributed by atoms with van der Waals surface area (Å²) in [6.45, 7) is 0.336. The van der Waals surface area contributed by atoms with E-state index in [1.807, 2.05) is 11.6 Å². The van der Waals surface area contributed by atoms with Crippen molar-refractivity contribution in [2.24, 2.45) is 12.8 Å². The molecular formula is C11H14N4O3S. The summed E-state index contributed by atoms with van der Waals surface area (Å²) in [5, 5.41) is 8.72. The lowest BCUT2D eigenvalue weighted by Gasteiger charge is -2.02. The number of nitrogens with zero attached hydrogens (tertiary/aromatic N) is 3. The van der Waals surface area contributed by atoms with Crippen LogP contribution in [0.2, 0.25) is 0 Å². The van der Waals surface area contributed by atoms with Crippen LogP contribution in [0.4, 0.5) is 0 Å². The van der Waals surface area contributed by atoms with Gasteiger partial charge in [0, 0.05) is 18.4 Å². The molecule has 2 aromatic heterocycles. The number of carbonyl (C=O) groups is 1. The van der Waals surface area contributed by atoms with Gasteiger partial charge in [-0.25, -0.2) is 4.79 Å². The fourth-order valence-corrected chi connectivity index (χ4v) is 2.42. The first-order valence-electron chi connectivity index (χ1n) is 5.53. The molecule has 102 valence electrons. The molecule has 0 aliphatic rings. The van der Waals surface area contributed by atoms with Gasteiger partial charge in [-0.05, 0) is 6.07 Å². The summed E-state index contributed by atoms with van der Waals surface area (Å²) >= 11 is 1.45. The molecule has 8 heteroatoms. The highest BCUT2D eigenvalue weighted by Gasteiger charge is 2.17. The topological polar surface area (TPSA) is 96.2 Å². The highest BCUT2D eigenvalue weighted by atomic mass is 32.2. The van der Waals surface area contributed by atoms with Crippen molar-refractivity contribution >= 4 is 17.7 Å². The first-order valence-corrected chi connectivity index (χ1v) is 6.51. The average molecular weight is 282 g/mol. The molecular weight excluding hydrogens is 268 g/mol. The van der Waals surface area contributed by atoms with Crippen LogP contribution in [-0.4, -0.2) is 27.8 Å². The first-order chi connectivity index (χ1) is 9.17. The Morgan fingerprint density at radius 3 is 3.00 bits per heavy atom. The number of aromatic nitrogens is 3. The Labute approximate surface area is 114 Å². The summed E-state index contributed by atoms with van der Waals surface area (Å²) in [5.74, 6) is 0.984. The van der Waals surface area contributed by atoms with Crippen LogP contribution in [0.25, 0.3) is 0 Å². The van der Waals surface area contributed by atoms with Gasteiger partial charge in [0.1, 0.15) is 5.82 Å². The molecule has 0 unspecified atom stereocenters. The van der Waals surface area contributed by atoms with E-state index in [0.29, 0.717) is 18.1 Å². The lowest BCUT2D eigenvalue weighted by atomic mass is 10.3. The average Bonchev–Trinajstić information content (AvgIpc) is 3.02. The van der Waals surface area contributed by atoms with Gasteiger partial charge in [-0.1, -0.05) is 11.8 Å². The molecule has 2 heterocycles. The Balaban J connectivity index is 2.08. The molecule has 0 amide bonds. The second-order valence-corrected chi connectivity index (χ2v) is 4.66. The van der Waals surface area contributed by atoms with Gasteiger partial charge < -0.3 is 19.5 Å². The zero-order valence-electron chi connectivity index (χ0n) is 10.6. The molecule has 0 saturated carbocycles. The molecule has 0 aliphatic heterocycles. The lowest BCUT2D eigenvalue weighted by molar-refractivity contribution is 0.0564. The van der Waals surface area contributed by atoms with Gasteiger partial charge in [-0.2, -0.15) is 0 Å². The number of esters is 1. The molecule has 0 bridgehead atoms. The van der Waals surface area contributed by atoms with Crippen LogP contribution in [0.1, 0.15) is 21.9 Å². The minimum Gasteiger partial charge on any atom is -0.463 e. The van der Waals surface area contributed by atoms with E-state index in [4.69, 9.17) is 10.2 Å². The van der Waals surface area contributed by atoms with Crippen LogP contribution in [0.3, 0.4) is 0 Å². The van der Waals surface area contributed by atoms with Gasteiger partial charge in [0.25, 0.3) is 0 Å². The van der Waals surface area contributed by atoms with Crippen molar-refractivity contribution in [1.82, 2.24) is 14.8 Å². The number of methoxy groups -OCH3 is 1. The van der Waals surface area contributed by atoms with E-state index in [1.54, 1.807) is 6.07 Å². The third-order valence-corrected chi connectivity index (χ3v) is 3.65.